The Balaban J connectivity index is 3.13. The van der Waals surface area contributed by atoms with Crippen LogP contribution in [0.5, 0.6) is 0 Å². The Bertz CT molecular complexity index is 440. The Morgan fingerprint density at radius 1 is 1.62 bits per heavy atom. The van der Waals surface area contributed by atoms with E-state index in [1.807, 2.05) is 18.4 Å². The monoisotopic (exact) mass is 236 g/mol. The molecule has 0 aliphatic rings. The van der Waals surface area contributed by atoms with Crippen molar-refractivity contribution in [3.8, 4) is 6.07 Å². The van der Waals surface area contributed by atoms with E-state index in [2.05, 4.69) is 6.07 Å². The molecule has 1 N–H and O–H groups in total. The van der Waals surface area contributed by atoms with Crippen LogP contribution in [0.1, 0.15) is 5.56 Å². The summed E-state index contributed by atoms with van der Waals surface area (Å²) in [4.78, 5) is 13.0. The highest BCUT2D eigenvalue weighted by atomic mass is 32.2. The fourth-order valence-electron chi connectivity index (χ4n) is 1.41. The molecule has 84 valence electrons. The summed E-state index contributed by atoms with van der Waals surface area (Å²) in [6.45, 7) is -0.119. The second-order valence-corrected chi connectivity index (χ2v) is 4.06. The highest BCUT2D eigenvalue weighted by Gasteiger charge is 2.12. The van der Waals surface area contributed by atoms with E-state index in [0.29, 0.717) is 11.3 Å². The topological polar surface area (TPSA) is 64.3 Å². The van der Waals surface area contributed by atoms with Gasteiger partial charge in [0.05, 0.1) is 11.3 Å². The number of hydrogen-bond donors (Lipinski definition) is 1. The first-order valence-corrected chi connectivity index (χ1v) is 5.82. The van der Waals surface area contributed by atoms with Gasteiger partial charge in [-0.3, -0.25) is 4.79 Å². The zero-order chi connectivity index (χ0) is 12.1. The van der Waals surface area contributed by atoms with E-state index < -0.39 is 5.97 Å². The van der Waals surface area contributed by atoms with Gasteiger partial charge >= 0.3 is 5.97 Å². The van der Waals surface area contributed by atoms with E-state index in [4.69, 9.17) is 10.4 Å². The molecule has 0 aliphatic heterocycles. The molecule has 1 aromatic rings. The molecule has 0 heterocycles. The van der Waals surface area contributed by atoms with Crippen LogP contribution in [0.3, 0.4) is 0 Å². The third kappa shape index (κ3) is 2.67. The van der Waals surface area contributed by atoms with Crippen molar-refractivity contribution in [3.63, 3.8) is 0 Å². The quantitative estimate of drug-likeness (QED) is 0.807. The van der Waals surface area contributed by atoms with E-state index in [1.54, 1.807) is 18.0 Å². The lowest BCUT2D eigenvalue weighted by Gasteiger charge is -2.19. The molecule has 16 heavy (non-hydrogen) atoms. The third-order valence-electron chi connectivity index (χ3n) is 2.12. The number of likely N-dealkylation sites (N-methyl/N-ethyl adjacent to an activating group) is 1. The Kier molecular flexibility index (Phi) is 4.20. The van der Waals surface area contributed by atoms with Gasteiger partial charge in [0.15, 0.2) is 0 Å². The van der Waals surface area contributed by atoms with Gasteiger partial charge < -0.3 is 10.0 Å². The predicted molar refractivity (Wildman–Crippen MR) is 63.8 cm³/mol. The second kappa shape index (κ2) is 5.42. The van der Waals surface area contributed by atoms with Crippen molar-refractivity contribution in [3.05, 3.63) is 23.8 Å². The number of nitrogens with zero attached hydrogens (tertiary/aromatic N) is 2. The molecular formula is C11H12N2O2S. The average molecular weight is 236 g/mol. The number of nitriles is 1. The van der Waals surface area contributed by atoms with Gasteiger partial charge in [0.2, 0.25) is 0 Å². The number of benzene rings is 1. The molecule has 0 unspecified atom stereocenters. The molecule has 0 radical (unpaired) electrons. The Morgan fingerprint density at radius 3 is 2.81 bits per heavy atom. The van der Waals surface area contributed by atoms with Crippen LogP contribution in [-0.2, 0) is 4.79 Å². The summed E-state index contributed by atoms with van der Waals surface area (Å²) in [5, 5.41) is 17.8. The van der Waals surface area contributed by atoms with Gasteiger partial charge in [-0.15, -0.1) is 11.8 Å². The van der Waals surface area contributed by atoms with Crippen LogP contribution >= 0.6 is 11.8 Å². The summed E-state index contributed by atoms with van der Waals surface area (Å²) in [5.41, 5.74) is 1.18. The summed E-state index contributed by atoms with van der Waals surface area (Å²) >= 11 is 1.47. The molecule has 1 aromatic carbocycles. The number of thioether (sulfide) groups is 1. The lowest BCUT2D eigenvalue weighted by Crippen LogP contribution is -2.25. The number of rotatable bonds is 4. The molecule has 0 fully saturated rings. The number of carboxylic acid groups (broad SMARTS) is 1. The fourth-order valence-corrected chi connectivity index (χ4v) is 1.98. The summed E-state index contributed by atoms with van der Waals surface area (Å²) in [6.07, 6.45) is 1.89. The average Bonchev–Trinajstić information content (AvgIpc) is 2.26. The second-order valence-electron chi connectivity index (χ2n) is 3.22. The van der Waals surface area contributed by atoms with Crippen LogP contribution in [0.15, 0.2) is 23.1 Å². The highest BCUT2D eigenvalue weighted by molar-refractivity contribution is 7.98. The van der Waals surface area contributed by atoms with Crippen LogP contribution < -0.4 is 4.90 Å². The van der Waals surface area contributed by atoms with Crippen molar-refractivity contribution in [2.45, 2.75) is 4.90 Å². The normalized spacial score (nSPS) is 9.56. The first-order chi connectivity index (χ1) is 7.60. The molecule has 1 rings (SSSR count). The summed E-state index contributed by atoms with van der Waals surface area (Å²) in [7, 11) is 1.66. The Labute approximate surface area is 98.5 Å². The van der Waals surface area contributed by atoms with Crippen LogP contribution in [0, 0.1) is 11.3 Å². The van der Waals surface area contributed by atoms with Gasteiger partial charge in [0.25, 0.3) is 0 Å². The lowest BCUT2D eigenvalue weighted by molar-refractivity contribution is -0.135. The lowest BCUT2D eigenvalue weighted by atomic mass is 10.2. The molecule has 0 saturated carbocycles. The minimum absolute atomic E-state index is 0.119. The molecule has 0 aliphatic carbocycles. The Morgan fingerprint density at radius 2 is 2.31 bits per heavy atom. The minimum atomic E-state index is -0.916. The van der Waals surface area contributed by atoms with E-state index in [1.165, 1.54) is 11.8 Å². The molecular weight excluding hydrogens is 224 g/mol. The highest BCUT2D eigenvalue weighted by Crippen LogP contribution is 2.28. The van der Waals surface area contributed by atoms with Crippen LogP contribution in [0.25, 0.3) is 0 Å². The van der Waals surface area contributed by atoms with Gasteiger partial charge in [0.1, 0.15) is 12.6 Å². The number of aliphatic carboxylic acids is 1. The first-order valence-electron chi connectivity index (χ1n) is 4.60. The maximum absolute atomic E-state index is 10.6. The third-order valence-corrected chi connectivity index (χ3v) is 2.90. The predicted octanol–water partition coefficient (Wildman–Crippen LogP) is 1.80. The van der Waals surface area contributed by atoms with E-state index >= 15 is 0 Å². The molecule has 0 atom stereocenters. The Hall–Kier alpha value is -1.67. The maximum atomic E-state index is 10.6. The molecule has 0 aromatic heterocycles. The summed E-state index contributed by atoms with van der Waals surface area (Å²) < 4.78 is 0. The van der Waals surface area contributed by atoms with E-state index in [0.717, 1.165) is 4.90 Å². The van der Waals surface area contributed by atoms with Crippen LogP contribution in [-0.4, -0.2) is 30.9 Å². The maximum Gasteiger partial charge on any atom is 0.323 e. The number of anilines is 1. The largest absolute Gasteiger partial charge is 0.480 e. The van der Waals surface area contributed by atoms with Crippen molar-refractivity contribution >= 4 is 23.4 Å². The number of carbonyl (C=O) groups is 1. The summed E-state index contributed by atoms with van der Waals surface area (Å²) in [5.74, 6) is -0.916. The first kappa shape index (κ1) is 12.4. The molecule has 0 saturated heterocycles. The molecule has 0 spiro atoms. The van der Waals surface area contributed by atoms with Gasteiger partial charge in [-0.2, -0.15) is 5.26 Å². The SMILES string of the molecule is CSc1cccc(N(C)CC(=O)O)c1C#N. The minimum Gasteiger partial charge on any atom is -0.480 e. The van der Waals surface area contributed by atoms with E-state index in [-0.39, 0.29) is 6.54 Å². The van der Waals surface area contributed by atoms with Crippen molar-refractivity contribution in [1.82, 2.24) is 0 Å². The van der Waals surface area contributed by atoms with Crippen molar-refractivity contribution in [2.24, 2.45) is 0 Å². The van der Waals surface area contributed by atoms with Gasteiger partial charge in [-0.25, -0.2) is 0 Å². The van der Waals surface area contributed by atoms with Crippen molar-refractivity contribution < 1.29 is 9.90 Å². The fraction of sp³-hybridized carbons (Fsp3) is 0.273. The van der Waals surface area contributed by atoms with E-state index in [9.17, 15) is 4.79 Å². The zero-order valence-corrected chi connectivity index (χ0v) is 9.91. The zero-order valence-electron chi connectivity index (χ0n) is 9.10. The molecule has 0 amide bonds. The van der Waals surface area contributed by atoms with Crippen LogP contribution in [0.2, 0.25) is 0 Å². The van der Waals surface area contributed by atoms with Crippen LogP contribution in [0.4, 0.5) is 5.69 Å². The van der Waals surface area contributed by atoms with Gasteiger partial charge in [-0.05, 0) is 18.4 Å². The van der Waals surface area contributed by atoms with Gasteiger partial charge in [0, 0.05) is 11.9 Å². The molecule has 0 bridgehead atoms. The van der Waals surface area contributed by atoms with Crippen molar-refractivity contribution in [2.75, 3.05) is 24.7 Å². The molecule has 5 heteroatoms. The number of carboxylic acids is 1. The number of hydrogen-bond acceptors (Lipinski definition) is 4. The van der Waals surface area contributed by atoms with Gasteiger partial charge in [-0.1, -0.05) is 6.07 Å². The smallest absolute Gasteiger partial charge is 0.323 e. The van der Waals surface area contributed by atoms with Crippen molar-refractivity contribution in [1.29, 1.82) is 5.26 Å². The summed E-state index contributed by atoms with van der Waals surface area (Å²) in [6, 6.07) is 7.53. The molecule has 4 nitrogen and oxygen atoms in total. The standard InChI is InChI=1S/C11H12N2O2S/c1-13(7-11(14)15)9-4-3-5-10(16-2)8(9)6-12/h3-5H,7H2,1-2H3,(H,14,15).